The second-order valence-corrected chi connectivity index (χ2v) is 13.2. The summed E-state index contributed by atoms with van der Waals surface area (Å²) in [5, 5.41) is 11.5. The van der Waals surface area contributed by atoms with Gasteiger partial charge in [0.2, 0.25) is 11.8 Å². The van der Waals surface area contributed by atoms with E-state index < -0.39 is 5.41 Å². The predicted octanol–water partition coefficient (Wildman–Crippen LogP) is 5.76. The lowest BCUT2D eigenvalue weighted by atomic mass is 9.78. The first-order chi connectivity index (χ1) is 24.9. The van der Waals surface area contributed by atoms with Crippen molar-refractivity contribution < 1.29 is 14.0 Å². The third-order valence-corrected chi connectivity index (χ3v) is 10.1. The highest BCUT2D eigenvalue weighted by Crippen LogP contribution is 2.37. The quantitative estimate of drug-likeness (QED) is 0.211. The molecule has 1 unspecified atom stereocenters. The molecule has 2 fully saturated rings. The van der Waals surface area contributed by atoms with Crippen LogP contribution in [0, 0.1) is 5.82 Å². The lowest BCUT2D eigenvalue weighted by Crippen LogP contribution is -2.51. The van der Waals surface area contributed by atoms with E-state index in [4.69, 9.17) is 0 Å². The Hall–Kier alpha value is -5.94. The molecule has 2 amide bonds. The number of nitrogens with zero attached hydrogens (tertiary/aromatic N) is 6. The minimum atomic E-state index is -0.831. The number of hydrogen-bond acceptors (Lipinski definition) is 7. The Morgan fingerprint density at radius 1 is 0.804 bits per heavy atom. The van der Waals surface area contributed by atoms with Crippen LogP contribution in [0.3, 0.4) is 0 Å². The molecule has 10 nitrogen and oxygen atoms in total. The predicted molar refractivity (Wildman–Crippen MR) is 196 cm³/mol. The molecule has 0 saturated carbocycles. The molecule has 0 spiro atoms. The van der Waals surface area contributed by atoms with Crippen LogP contribution in [0.5, 0.6) is 0 Å². The van der Waals surface area contributed by atoms with Gasteiger partial charge in [-0.3, -0.25) is 19.6 Å². The Bertz CT molecular complexity index is 2150. The highest BCUT2D eigenvalue weighted by atomic mass is 19.1. The van der Waals surface area contributed by atoms with Gasteiger partial charge in [-0.25, -0.2) is 14.4 Å². The van der Waals surface area contributed by atoms with Crippen molar-refractivity contribution in [1.29, 1.82) is 0 Å². The minimum Gasteiger partial charge on any atom is -0.368 e. The molecule has 6 aromatic rings. The average Bonchev–Trinajstić information content (AvgIpc) is 3.81. The summed E-state index contributed by atoms with van der Waals surface area (Å²) >= 11 is 0. The van der Waals surface area contributed by atoms with Crippen LogP contribution < -0.4 is 10.2 Å². The van der Waals surface area contributed by atoms with Crippen molar-refractivity contribution >= 4 is 34.1 Å². The van der Waals surface area contributed by atoms with Gasteiger partial charge in [-0.1, -0.05) is 30.3 Å². The molecule has 0 radical (unpaired) electrons. The van der Waals surface area contributed by atoms with Gasteiger partial charge in [0.25, 0.3) is 0 Å². The van der Waals surface area contributed by atoms with Gasteiger partial charge in [0.05, 0.1) is 23.2 Å². The van der Waals surface area contributed by atoms with Crippen molar-refractivity contribution in [3.63, 3.8) is 0 Å². The topological polar surface area (TPSA) is 110 Å². The molecule has 0 aliphatic carbocycles. The van der Waals surface area contributed by atoms with Gasteiger partial charge in [0, 0.05) is 79.6 Å². The maximum absolute atomic E-state index is 14.3. The SMILES string of the molecule is O=C(CN1CCC(C(=O)Nc2ccc3[nH]nc(-c4ccc(F)cc4)c3c2)(c2ccccc2)C1)N1CCN(c2ccc(-c3ncccn3)cc2)CC1. The number of fused-ring (bicyclic) bond motifs is 1. The zero-order valence-electron chi connectivity index (χ0n) is 28.0. The molecule has 1 atom stereocenters. The summed E-state index contributed by atoms with van der Waals surface area (Å²) in [6.45, 7) is 4.08. The number of aromatic nitrogens is 4. The number of rotatable bonds is 8. The van der Waals surface area contributed by atoms with Crippen molar-refractivity contribution in [3.8, 4) is 22.6 Å². The molecule has 2 aromatic heterocycles. The van der Waals surface area contributed by atoms with E-state index in [1.807, 2.05) is 65.6 Å². The van der Waals surface area contributed by atoms with Crippen molar-refractivity contribution in [2.45, 2.75) is 11.8 Å². The van der Waals surface area contributed by atoms with E-state index >= 15 is 0 Å². The second-order valence-electron chi connectivity index (χ2n) is 13.2. The fourth-order valence-corrected chi connectivity index (χ4v) is 7.28. The number of H-pyrrole nitrogens is 1. The van der Waals surface area contributed by atoms with Crippen LogP contribution in [0.1, 0.15) is 12.0 Å². The summed E-state index contributed by atoms with van der Waals surface area (Å²) in [5.41, 5.74) is 5.08. The van der Waals surface area contributed by atoms with Gasteiger partial charge < -0.3 is 15.1 Å². The molecular weight excluding hydrogens is 643 g/mol. The fraction of sp³-hybridized carbons (Fsp3) is 0.225. The molecule has 51 heavy (non-hydrogen) atoms. The number of carbonyl (C=O) groups is 2. The van der Waals surface area contributed by atoms with Crippen LogP contribution in [0.15, 0.2) is 116 Å². The molecule has 256 valence electrons. The molecule has 2 aliphatic heterocycles. The normalized spacial score (nSPS) is 17.9. The minimum absolute atomic E-state index is 0.0780. The summed E-state index contributed by atoms with van der Waals surface area (Å²) in [6, 6.07) is 31.7. The summed E-state index contributed by atoms with van der Waals surface area (Å²) in [5.74, 6) is 0.343. The first-order valence-electron chi connectivity index (χ1n) is 17.2. The largest absolute Gasteiger partial charge is 0.368 e. The first-order valence-corrected chi connectivity index (χ1v) is 17.2. The van der Waals surface area contributed by atoms with E-state index in [-0.39, 0.29) is 24.2 Å². The number of anilines is 2. The number of hydrogen-bond donors (Lipinski definition) is 2. The smallest absolute Gasteiger partial charge is 0.236 e. The standard InChI is InChI=1S/C40H37FN8O2/c41-31-11-7-28(8-12-31)37-34-25-32(13-16-35(34)45-46-37)44-39(51)40(30-5-2-1-3-6-30)17-20-47(27-40)26-36(50)49-23-21-48(22-24-49)33-14-9-29(10-15-33)38-42-18-4-19-43-38/h1-16,18-19,25H,17,20-24,26-27H2,(H,44,51)(H,45,46). The van der Waals surface area contributed by atoms with E-state index in [9.17, 15) is 14.0 Å². The summed E-state index contributed by atoms with van der Waals surface area (Å²) < 4.78 is 13.6. The number of aromatic amines is 1. The van der Waals surface area contributed by atoms with Gasteiger partial charge in [-0.15, -0.1) is 0 Å². The van der Waals surface area contributed by atoms with Crippen LogP contribution in [0.4, 0.5) is 15.8 Å². The van der Waals surface area contributed by atoms with E-state index in [0.29, 0.717) is 49.8 Å². The molecule has 2 aliphatic rings. The summed E-state index contributed by atoms with van der Waals surface area (Å²) in [4.78, 5) is 42.9. The van der Waals surface area contributed by atoms with Gasteiger partial charge in [-0.05, 0) is 84.8 Å². The van der Waals surface area contributed by atoms with Gasteiger partial charge >= 0.3 is 0 Å². The first kappa shape index (κ1) is 32.3. The lowest BCUT2D eigenvalue weighted by Gasteiger charge is -2.37. The number of halogens is 1. The van der Waals surface area contributed by atoms with E-state index in [2.05, 4.69) is 47.4 Å². The maximum atomic E-state index is 14.3. The molecule has 4 heterocycles. The van der Waals surface area contributed by atoms with Crippen molar-refractivity contribution in [2.24, 2.45) is 0 Å². The fourth-order valence-electron chi connectivity index (χ4n) is 7.28. The summed E-state index contributed by atoms with van der Waals surface area (Å²) in [6.07, 6.45) is 4.06. The molecular formula is C40H37FN8O2. The number of benzene rings is 4. The van der Waals surface area contributed by atoms with Crippen molar-refractivity contribution in [1.82, 2.24) is 30.0 Å². The number of amides is 2. The summed E-state index contributed by atoms with van der Waals surface area (Å²) in [7, 11) is 0. The molecule has 11 heteroatoms. The molecule has 8 rings (SSSR count). The van der Waals surface area contributed by atoms with E-state index in [1.54, 1.807) is 30.6 Å². The lowest BCUT2D eigenvalue weighted by molar-refractivity contribution is -0.132. The molecule has 4 aromatic carbocycles. The number of carbonyl (C=O) groups excluding carboxylic acids is 2. The third kappa shape index (κ3) is 6.55. The van der Waals surface area contributed by atoms with E-state index in [0.717, 1.165) is 46.4 Å². The number of likely N-dealkylation sites (tertiary alicyclic amines) is 1. The average molecular weight is 681 g/mol. The maximum Gasteiger partial charge on any atom is 0.236 e. The molecule has 2 N–H and O–H groups in total. The molecule has 0 bridgehead atoms. The van der Waals surface area contributed by atoms with Gasteiger partial charge in [0.15, 0.2) is 5.82 Å². The van der Waals surface area contributed by atoms with Crippen LogP contribution in [0.25, 0.3) is 33.5 Å². The highest BCUT2D eigenvalue weighted by Gasteiger charge is 2.46. The van der Waals surface area contributed by atoms with E-state index in [1.165, 1.54) is 12.1 Å². The van der Waals surface area contributed by atoms with Crippen molar-refractivity contribution in [2.75, 3.05) is 56.0 Å². The zero-order valence-corrected chi connectivity index (χ0v) is 28.0. The monoisotopic (exact) mass is 680 g/mol. The Labute approximate surface area is 294 Å². The van der Waals surface area contributed by atoms with Crippen LogP contribution in [0.2, 0.25) is 0 Å². The van der Waals surface area contributed by atoms with Crippen LogP contribution in [-0.4, -0.2) is 87.6 Å². The van der Waals surface area contributed by atoms with Crippen LogP contribution in [-0.2, 0) is 15.0 Å². The zero-order chi connectivity index (χ0) is 34.8. The Balaban J connectivity index is 0.929. The third-order valence-electron chi connectivity index (χ3n) is 10.1. The van der Waals surface area contributed by atoms with Gasteiger partial charge in [-0.2, -0.15) is 5.10 Å². The van der Waals surface area contributed by atoms with Crippen molar-refractivity contribution in [3.05, 3.63) is 127 Å². The number of nitrogens with one attached hydrogen (secondary N) is 2. The second kappa shape index (κ2) is 13.8. The van der Waals surface area contributed by atoms with Crippen LogP contribution >= 0.6 is 0 Å². The Morgan fingerprint density at radius 2 is 1.53 bits per heavy atom. The highest BCUT2D eigenvalue weighted by molar-refractivity contribution is 6.02. The number of piperazine rings is 1. The van der Waals surface area contributed by atoms with Gasteiger partial charge in [0.1, 0.15) is 5.82 Å². The Kier molecular flexibility index (Phi) is 8.71. The molecule has 2 saturated heterocycles. The Morgan fingerprint density at radius 3 is 2.27 bits per heavy atom.